The first kappa shape index (κ1) is 16.7. The molecule has 3 rings (SSSR count). The van der Waals surface area contributed by atoms with Gasteiger partial charge in [-0.1, -0.05) is 20.8 Å². The van der Waals surface area contributed by atoms with Gasteiger partial charge >= 0.3 is 0 Å². The van der Waals surface area contributed by atoms with E-state index in [1.54, 1.807) is 6.07 Å². The van der Waals surface area contributed by atoms with Gasteiger partial charge in [-0.2, -0.15) is 0 Å². The Balaban J connectivity index is 1.57. The summed E-state index contributed by atoms with van der Waals surface area (Å²) >= 11 is 0. The van der Waals surface area contributed by atoms with Gasteiger partial charge < -0.3 is 4.90 Å². The maximum Gasteiger partial charge on any atom is 0.149 e. The molecule has 4 heteroatoms. The molecule has 23 heavy (non-hydrogen) atoms. The van der Waals surface area contributed by atoms with E-state index in [1.165, 1.54) is 25.6 Å². The number of anilines is 1. The van der Waals surface area contributed by atoms with E-state index >= 15 is 0 Å². The highest BCUT2D eigenvalue weighted by Crippen LogP contribution is 2.36. The molecule has 2 saturated heterocycles. The zero-order chi connectivity index (χ0) is 16.6. The Morgan fingerprint density at radius 1 is 1.00 bits per heavy atom. The van der Waals surface area contributed by atoms with Crippen molar-refractivity contribution in [3.8, 4) is 0 Å². The van der Waals surface area contributed by atoms with Crippen LogP contribution in [0.4, 0.5) is 14.5 Å². The zero-order valence-electron chi connectivity index (χ0n) is 14.5. The highest BCUT2D eigenvalue weighted by molar-refractivity contribution is 5.48. The van der Waals surface area contributed by atoms with Gasteiger partial charge in [0, 0.05) is 31.7 Å². The normalized spacial score (nSPS) is 24.4. The second-order valence-electron chi connectivity index (χ2n) is 8.16. The SMILES string of the molecule is CC(C)(C)C1CCN(C2CCN(c3ccc(F)cc3F)CC2)C1. The van der Waals surface area contributed by atoms with Gasteiger partial charge in [0.15, 0.2) is 0 Å². The van der Waals surface area contributed by atoms with Crippen molar-refractivity contribution in [2.75, 3.05) is 31.1 Å². The van der Waals surface area contributed by atoms with Crippen molar-refractivity contribution < 1.29 is 8.78 Å². The molecule has 0 spiro atoms. The lowest BCUT2D eigenvalue weighted by Crippen LogP contribution is -2.44. The number of rotatable bonds is 2. The summed E-state index contributed by atoms with van der Waals surface area (Å²) in [6.07, 6.45) is 3.41. The predicted molar refractivity (Wildman–Crippen MR) is 90.7 cm³/mol. The highest BCUT2D eigenvalue weighted by atomic mass is 19.1. The molecule has 0 N–H and O–H groups in total. The molecule has 2 nitrogen and oxygen atoms in total. The quantitative estimate of drug-likeness (QED) is 0.801. The van der Waals surface area contributed by atoms with Crippen LogP contribution >= 0.6 is 0 Å². The fraction of sp³-hybridized carbons (Fsp3) is 0.684. The van der Waals surface area contributed by atoms with Crippen molar-refractivity contribution in [3.63, 3.8) is 0 Å². The molecule has 1 unspecified atom stereocenters. The van der Waals surface area contributed by atoms with E-state index in [2.05, 4.69) is 30.6 Å². The van der Waals surface area contributed by atoms with Crippen molar-refractivity contribution in [3.05, 3.63) is 29.8 Å². The summed E-state index contributed by atoms with van der Waals surface area (Å²) in [5.41, 5.74) is 0.922. The molecule has 0 amide bonds. The molecule has 2 aliphatic rings. The number of benzene rings is 1. The molecule has 1 aromatic carbocycles. The lowest BCUT2D eigenvalue weighted by atomic mass is 9.80. The molecule has 0 radical (unpaired) electrons. The molecule has 1 atom stereocenters. The summed E-state index contributed by atoms with van der Waals surface area (Å²) in [5.74, 6) is -0.182. The number of hydrogen-bond acceptors (Lipinski definition) is 2. The molecule has 0 aromatic heterocycles. The number of halogens is 2. The summed E-state index contributed by atoms with van der Waals surface area (Å²) in [7, 11) is 0. The summed E-state index contributed by atoms with van der Waals surface area (Å²) in [5, 5.41) is 0. The first-order valence-electron chi connectivity index (χ1n) is 8.78. The maximum absolute atomic E-state index is 13.9. The van der Waals surface area contributed by atoms with E-state index < -0.39 is 11.6 Å². The van der Waals surface area contributed by atoms with E-state index in [-0.39, 0.29) is 0 Å². The molecule has 2 aliphatic heterocycles. The number of nitrogens with zero attached hydrogens (tertiary/aromatic N) is 2. The van der Waals surface area contributed by atoms with Crippen molar-refractivity contribution in [2.24, 2.45) is 11.3 Å². The predicted octanol–water partition coefficient (Wildman–Crippen LogP) is 4.30. The fourth-order valence-corrected chi connectivity index (χ4v) is 4.04. The smallest absolute Gasteiger partial charge is 0.149 e. The van der Waals surface area contributed by atoms with Gasteiger partial charge in [0.25, 0.3) is 0 Å². The minimum absolute atomic E-state index is 0.382. The van der Waals surface area contributed by atoms with Gasteiger partial charge in [0.2, 0.25) is 0 Å². The van der Waals surface area contributed by atoms with E-state index in [0.717, 1.165) is 37.9 Å². The average molecular weight is 322 g/mol. The van der Waals surface area contributed by atoms with Crippen molar-refractivity contribution in [1.29, 1.82) is 0 Å². The molecule has 0 bridgehead atoms. The van der Waals surface area contributed by atoms with Crippen LogP contribution < -0.4 is 4.90 Å². The van der Waals surface area contributed by atoms with Crippen molar-refractivity contribution in [1.82, 2.24) is 4.90 Å². The van der Waals surface area contributed by atoms with Crippen LogP contribution in [0.2, 0.25) is 0 Å². The van der Waals surface area contributed by atoms with E-state index in [9.17, 15) is 8.78 Å². The van der Waals surface area contributed by atoms with E-state index in [0.29, 0.717) is 17.1 Å². The van der Waals surface area contributed by atoms with Gasteiger partial charge in [-0.25, -0.2) is 8.78 Å². The van der Waals surface area contributed by atoms with Crippen LogP contribution in [0.1, 0.15) is 40.0 Å². The molecule has 2 heterocycles. The van der Waals surface area contributed by atoms with Crippen LogP contribution in [-0.2, 0) is 0 Å². The Labute approximate surface area is 138 Å². The van der Waals surface area contributed by atoms with Gasteiger partial charge in [-0.3, -0.25) is 4.90 Å². The molecule has 128 valence electrons. The molecule has 2 fully saturated rings. The molecule has 0 saturated carbocycles. The second-order valence-corrected chi connectivity index (χ2v) is 8.16. The Morgan fingerprint density at radius 3 is 2.26 bits per heavy atom. The van der Waals surface area contributed by atoms with Crippen LogP contribution in [0, 0.1) is 23.0 Å². The van der Waals surface area contributed by atoms with E-state index in [4.69, 9.17) is 0 Å². The Morgan fingerprint density at radius 2 is 1.70 bits per heavy atom. The Hall–Kier alpha value is -1.16. The maximum atomic E-state index is 13.9. The summed E-state index contributed by atoms with van der Waals surface area (Å²) < 4.78 is 27.0. The van der Waals surface area contributed by atoms with E-state index in [1.807, 2.05) is 0 Å². The molecule has 1 aromatic rings. The van der Waals surface area contributed by atoms with Gasteiger partial charge in [-0.05, 0) is 49.3 Å². The van der Waals surface area contributed by atoms with Crippen LogP contribution in [0.3, 0.4) is 0 Å². The standard InChI is InChI=1S/C19H28F2N2/c1-19(2,3)14-6-9-23(13-14)16-7-10-22(11-8-16)18-5-4-15(20)12-17(18)21/h4-5,12,14,16H,6-11,13H2,1-3H3. The summed E-state index contributed by atoms with van der Waals surface area (Å²) in [6, 6.07) is 4.51. The lowest BCUT2D eigenvalue weighted by molar-refractivity contribution is 0.174. The van der Waals surface area contributed by atoms with Crippen LogP contribution in [0.15, 0.2) is 18.2 Å². The van der Waals surface area contributed by atoms with Gasteiger partial charge in [0.05, 0.1) is 5.69 Å². The second kappa shape index (κ2) is 6.39. The first-order valence-corrected chi connectivity index (χ1v) is 8.78. The summed E-state index contributed by atoms with van der Waals surface area (Å²) in [6.45, 7) is 11.1. The lowest BCUT2D eigenvalue weighted by Gasteiger charge is -2.38. The largest absolute Gasteiger partial charge is 0.369 e. The van der Waals surface area contributed by atoms with Crippen LogP contribution in [-0.4, -0.2) is 37.1 Å². The topological polar surface area (TPSA) is 6.48 Å². The van der Waals surface area contributed by atoms with Crippen LogP contribution in [0.25, 0.3) is 0 Å². The van der Waals surface area contributed by atoms with Gasteiger partial charge in [-0.15, -0.1) is 0 Å². The number of likely N-dealkylation sites (tertiary alicyclic amines) is 1. The molecular weight excluding hydrogens is 294 g/mol. The third-order valence-electron chi connectivity index (χ3n) is 5.68. The third kappa shape index (κ3) is 3.68. The van der Waals surface area contributed by atoms with Crippen molar-refractivity contribution in [2.45, 2.75) is 46.1 Å². The van der Waals surface area contributed by atoms with Crippen LogP contribution in [0.5, 0.6) is 0 Å². The third-order valence-corrected chi connectivity index (χ3v) is 5.68. The fourth-order valence-electron chi connectivity index (χ4n) is 4.04. The zero-order valence-corrected chi connectivity index (χ0v) is 14.5. The van der Waals surface area contributed by atoms with Gasteiger partial charge in [0.1, 0.15) is 11.6 Å². The summed E-state index contributed by atoms with van der Waals surface area (Å²) in [4.78, 5) is 4.69. The Bertz CT molecular complexity index is 545. The Kier molecular flexibility index (Phi) is 4.63. The monoisotopic (exact) mass is 322 g/mol. The van der Waals surface area contributed by atoms with Crippen molar-refractivity contribution >= 4 is 5.69 Å². The first-order chi connectivity index (χ1) is 10.8. The molecule has 0 aliphatic carbocycles. The number of piperidine rings is 1. The number of hydrogen-bond donors (Lipinski definition) is 0. The minimum Gasteiger partial charge on any atom is -0.369 e. The minimum atomic E-state index is -0.508. The highest BCUT2D eigenvalue weighted by Gasteiger charge is 2.35. The molecular formula is C19H28F2N2. The average Bonchev–Trinajstić information content (AvgIpc) is 2.97.